The highest BCUT2D eigenvalue weighted by Gasteiger charge is 2.21. The maximum Gasteiger partial charge on any atom is 0.250 e. The van der Waals surface area contributed by atoms with Gasteiger partial charge in [-0.1, -0.05) is 23.7 Å². The first-order chi connectivity index (χ1) is 9.66. The lowest BCUT2D eigenvalue weighted by molar-refractivity contribution is -0.134. The van der Waals surface area contributed by atoms with Gasteiger partial charge in [-0.05, 0) is 19.1 Å². The van der Waals surface area contributed by atoms with Gasteiger partial charge in [0.1, 0.15) is 18.0 Å². The van der Waals surface area contributed by atoms with Crippen molar-refractivity contribution >= 4 is 29.9 Å². The third kappa shape index (κ3) is 5.71. The van der Waals surface area contributed by atoms with Crippen LogP contribution in [0.25, 0.3) is 0 Å². The number of ether oxygens (including phenoxy) is 2. The van der Waals surface area contributed by atoms with E-state index >= 15 is 0 Å². The number of carbonyl (C=O) groups excluding carboxylic acids is 1. The van der Waals surface area contributed by atoms with Crippen LogP contribution in [0, 0.1) is 0 Å². The molecule has 1 fully saturated rings. The maximum absolute atomic E-state index is 11.9. The lowest BCUT2D eigenvalue weighted by Gasteiger charge is -2.23. The molecule has 2 atom stereocenters. The molecule has 1 aliphatic rings. The van der Waals surface area contributed by atoms with Gasteiger partial charge in [-0.3, -0.25) is 4.79 Å². The summed E-state index contributed by atoms with van der Waals surface area (Å²) < 4.78 is 11.1. The maximum atomic E-state index is 11.9. The van der Waals surface area contributed by atoms with Crippen molar-refractivity contribution in [1.82, 2.24) is 10.6 Å². The topological polar surface area (TPSA) is 59.6 Å². The highest BCUT2D eigenvalue weighted by Crippen LogP contribution is 2.23. The third-order valence-electron chi connectivity index (χ3n) is 2.95. The molecule has 21 heavy (non-hydrogen) atoms. The molecule has 1 saturated heterocycles. The van der Waals surface area contributed by atoms with E-state index in [2.05, 4.69) is 10.6 Å². The highest BCUT2D eigenvalue weighted by atomic mass is 35.5. The van der Waals surface area contributed by atoms with Crippen molar-refractivity contribution in [3.63, 3.8) is 0 Å². The summed E-state index contributed by atoms with van der Waals surface area (Å²) in [4.78, 5) is 11.9. The van der Waals surface area contributed by atoms with Crippen LogP contribution in [0.4, 0.5) is 0 Å². The number of rotatable bonds is 5. The summed E-state index contributed by atoms with van der Waals surface area (Å²) in [5.41, 5.74) is 0. The van der Waals surface area contributed by atoms with E-state index in [1.54, 1.807) is 12.1 Å². The quantitative estimate of drug-likeness (QED) is 0.859. The molecule has 0 spiro atoms. The van der Waals surface area contributed by atoms with Crippen molar-refractivity contribution < 1.29 is 14.3 Å². The van der Waals surface area contributed by atoms with E-state index in [0.29, 0.717) is 30.5 Å². The van der Waals surface area contributed by atoms with Gasteiger partial charge in [0.15, 0.2) is 0 Å². The summed E-state index contributed by atoms with van der Waals surface area (Å²) in [7, 11) is 0. The predicted octanol–water partition coefficient (Wildman–Crippen LogP) is 1.63. The molecular formula is C14H20Cl2N2O3. The average Bonchev–Trinajstić information content (AvgIpc) is 2.48. The summed E-state index contributed by atoms with van der Waals surface area (Å²) in [5.74, 6) is 0.498. The zero-order valence-electron chi connectivity index (χ0n) is 11.8. The monoisotopic (exact) mass is 334 g/mol. The van der Waals surface area contributed by atoms with E-state index in [4.69, 9.17) is 21.1 Å². The van der Waals surface area contributed by atoms with Crippen LogP contribution < -0.4 is 15.4 Å². The van der Waals surface area contributed by atoms with Gasteiger partial charge in [-0.25, -0.2) is 0 Å². The number of benzene rings is 1. The van der Waals surface area contributed by atoms with E-state index in [9.17, 15) is 4.79 Å². The van der Waals surface area contributed by atoms with Crippen molar-refractivity contribution in [2.75, 3.05) is 26.2 Å². The Labute approximate surface area is 135 Å². The minimum Gasteiger partial charge on any atom is -0.487 e. The minimum atomic E-state index is -0.420. The van der Waals surface area contributed by atoms with Crippen LogP contribution in [0.2, 0.25) is 5.02 Å². The first-order valence-corrected chi connectivity index (χ1v) is 7.06. The highest BCUT2D eigenvalue weighted by molar-refractivity contribution is 6.32. The Morgan fingerprint density at radius 1 is 1.57 bits per heavy atom. The van der Waals surface area contributed by atoms with Gasteiger partial charge < -0.3 is 20.1 Å². The van der Waals surface area contributed by atoms with Gasteiger partial charge in [0.25, 0.3) is 5.91 Å². The molecule has 2 rings (SSSR count). The average molecular weight is 335 g/mol. The second-order valence-electron chi connectivity index (χ2n) is 4.67. The zero-order valence-corrected chi connectivity index (χ0v) is 13.4. The molecular weight excluding hydrogens is 315 g/mol. The van der Waals surface area contributed by atoms with Crippen molar-refractivity contribution in [3.05, 3.63) is 29.3 Å². The van der Waals surface area contributed by atoms with Crippen molar-refractivity contribution in [3.8, 4) is 5.75 Å². The molecule has 0 aromatic heterocycles. The number of hydrogen-bond donors (Lipinski definition) is 2. The van der Waals surface area contributed by atoms with Crippen LogP contribution in [0.15, 0.2) is 24.3 Å². The molecule has 2 unspecified atom stereocenters. The van der Waals surface area contributed by atoms with Crippen LogP contribution in [0.3, 0.4) is 0 Å². The predicted molar refractivity (Wildman–Crippen MR) is 84.4 cm³/mol. The Morgan fingerprint density at radius 2 is 2.33 bits per heavy atom. The number of hydrogen-bond acceptors (Lipinski definition) is 4. The van der Waals surface area contributed by atoms with Crippen molar-refractivity contribution in [1.29, 1.82) is 0 Å². The summed E-state index contributed by atoms with van der Waals surface area (Å²) in [5, 5.41) is 6.50. The largest absolute Gasteiger partial charge is 0.487 e. The number of nitrogens with one attached hydrogen (secondary N) is 2. The molecule has 0 saturated carbocycles. The van der Waals surface area contributed by atoms with E-state index in [1.165, 1.54) is 0 Å². The first-order valence-electron chi connectivity index (χ1n) is 6.68. The number of morpholine rings is 1. The van der Waals surface area contributed by atoms with Gasteiger partial charge in [0.05, 0.1) is 18.2 Å². The van der Waals surface area contributed by atoms with Gasteiger partial charge in [0, 0.05) is 13.1 Å². The molecule has 2 N–H and O–H groups in total. The van der Waals surface area contributed by atoms with Gasteiger partial charge in [0.2, 0.25) is 0 Å². The Hall–Kier alpha value is -1.01. The van der Waals surface area contributed by atoms with E-state index in [0.717, 1.165) is 6.54 Å². The lowest BCUT2D eigenvalue weighted by Crippen LogP contribution is -2.49. The summed E-state index contributed by atoms with van der Waals surface area (Å²) in [6.07, 6.45) is -0.591. The molecule has 7 heteroatoms. The second-order valence-corrected chi connectivity index (χ2v) is 5.07. The Bertz CT molecular complexity index is 454. The minimum absolute atomic E-state index is 0. The molecule has 0 bridgehead atoms. The van der Waals surface area contributed by atoms with Gasteiger partial charge in [-0.2, -0.15) is 0 Å². The SMILES string of the molecule is CC(CNC(=O)C1CNCCO1)Oc1ccccc1Cl.Cl. The molecule has 0 aliphatic carbocycles. The first kappa shape index (κ1) is 18.0. The number of para-hydroxylation sites is 1. The molecule has 1 aromatic carbocycles. The van der Waals surface area contributed by atoms with E-state index in [1.807, 2.05) is 19.1 Å². The second kappa shape index (κ2) is 9.10. The van der Waals surface area contributed by atoms with Crippen LogP contribution >= 0.6 is 24.0 Å². The van der Waals surface area contributed by atoms with Crippen LogP contribution in [-0.4, -0.2) is 44.4 Å². The van der Waals surface area contributed by atoms with Crippen molar-refractivity contribution in [2.45, 2.75) is 19.1 Å². The van der Waals surface area contributed by atoms with E-state index in [-0.39, 0.29) is 24.4 Å². The zero-order chi connectivity index (χ0) is 14.4. The molecule has 1 amide bonds. The molecule has 1 heterocycles. The van der Waals surface area contributed by atoms with Crippen molar-refractivity contribution in [2.24, 2.45) is 0 Å². The normalized spacial score (nSPS) is 19.2. The summed E-state index contributed by atoms with van der Waals surface area (Å²) in [6.45, 7) is 4.18. The lowest BCUT2D eigenvalue weighted by atomic mass is 10.2. The number of halogens is 2. The fraction of sp³-hybridized carbons (Fsp3) is 0.500. The smallest absolute Gasteiger partial charge is 0.250 e. The van der Waals surface area contributed by atoms with Gasteiger partial charge >= 0.3 is 0 Å². The Kier molecular flexibility index (Phi) is 7.82. The van der Waals surface area contributed by atoms with Gasteiger partial charge in [-0.15, -0.1) is 12.4 Å². The van der Waals surface area contributed by atoms with Crippen LogP contribution in [0.5, 0.6) is 5.75 Å². The fourth-order valence-corrected chi connectivity index (χ4v) is 2.07. The molecule has 5 nitrogen and oxygen atoms in total. The van der Waals surface area contributed by atoms with E-state index < -0.39 is 6.10 Å². The Morgan fingerprint density at radius 3 is 3.00 bits per heavy atom. The summed E-state index contributed by atoms with van der Waals surface area (Å²) in [6, 6.07) is 7.27. The standard InChI is InChI=1S/C14H19ClN2O3.ClH/c1-10(20-12-5-3-2-4-11(12)15)8-17-14(18)13-9-16-6-7-19-13;/h2-5,10,13,16H,6-9H2,1H3,(H,17,18);1H. The molecule has 1 aliphatic heterocycles. The summed E-state index contributed by atoms with van der Waals surface area (Å²) >= 11 is 6.01. The fourth-order valence-electron chi connectivity index (χ4n) is 1.89. The van der Waals surface area contributed by atoms with Crippen LogP contribution in [0.1, 0.15) is 6.92 Å². The number of amides is 1. The molecule has 1 aromatic rings. The molecule has 118 valence electrons. The molecule has 0 radical (unpaired) electrons. The Balaban J connectivity index is 0.00000220. The van der Waals surface area contributed by atoms with Crippen LogP contribution in [-0.2, 0) is 9.53 Å². The number of carbonyl (C=O) groups is 1. The third-order valence-corrected chi connectivity index (χ3v) is 3.26.